The van der Waals surface area contributed by atoms with Gasteiger partial charge in [-0.1, -0.05) is 61.2 Å². The van der Waals surface area contributed by atoms with Crippen LogP contribution in [-0.2, 0) is 26.2 Å². The summed E-state index contributed by atoms with van der Waals surface area (Å²) in [5.41, 5.74) is 1.47. The van der Waals surface area contributed by atoms with Crippen molar-refractivity contribution < 1.29 is 22.4 Å². The Balaban J connectivity index is 1.69. The summed E-state index contributed by atoms with van der Waals surface area (Å²) < 4.78 is 42.5. The number of hydrogen-bond donors (Lipinski definition) is 1. The second kappa shape index (κ2) is 13.5. The number of rotatable bonds is 10. The first-order valence-electron chi connectivity index (χ1n) is 13.7. The Bertz CT molecular complexity index is 1460. The molecule has 1 aliphatic rings. The van der Waals surface area contributed by atoms with E-state index in [0.717, 1.165) is 36.4 Å². The van der Waals surface area contributed by atoms with Crippen LogP contribution in [0.15, 0.2) is 77.7 Å². The molecule has 7 nitrogen and oxygen atoms in total. The summed E-state index contributed by atoms with van der Waals surface area (Å²) in [6.07, 6.45) is 4.95. The van der Waals surface area contributed by atoms with Gasteiger partial charge >= 0.3 is 0 Å². The fraction of sp³-hybridized carbons (Fsp3) is 0.355. The van der Waals surface area contributed by atoms with Crippen molar-refractivity contribution in [1.29, 1.82) is 0 Å². The third-order valence-electron chi connectivity index (χ3n) is 7.42. The molecular formula is C31H35ClFN3O4S. The highest BCUT2D eigenvalue weighted by molar-refractivity contribution is 7.92. The van der Waals surface area contributed by atoms with Crippen LogP contribution >= 0.6 is 11.6 Å². The number of nitrogens with zero attached hydrogens (tertiary/aromatic N) is 2. The summed E-state index contributed by atoms with van der Waals surface area (Å²) in [6.45, 7) is 2.79. The number of carbonyl (C=O) groups excluding carboxylic acids is 2. The molecule has 0 bridgehead atoms. The topological polar surface area (TPSA) is 86.8 Å². The Hall–Kier alpha value is -3.43. The van der Waals surface area contributed by atoms with E-state index in [9.17, 15) is 22.4 Å². The van der Waals surface area contributed by atoms with E-state index in [1.165, 1.54) is 29.2 Å². The minimum absolute atomic E-state index is 0.00279. The maximum Gasteiger partial charge on any atom is 0.264 e. The molecule has 3 aromatic rings. The molecule has 1 aliphatic carbocycles. The van der Waals surface area contributed by atoms with Crippen molar-refractivity contribution in [2.45, 2.75) is 69.5 Å². The SMILES string of the molecule is Cc1cc(Cl)ccc1N(CC(=O)N(Cc1ccc(F)cc1)C(C)C(=O)NC1CCCCC1)S(=O)(=O)c1ccccc1. The zero-order chi connectivity index (χ0) is 29.6. The van der Waals surface area contributed by atoms with Crippen molar-refractivity contribution in [3.63, 3.8) is 0 Å². The van der Waals surface area contributed by atoms with Gasteiger partial charge in [-0.15, -0.1) is 0 Å². The van der Waals surface area contributed by atoms with E-state index >= 15 is 0 Å². The van der Waals surface area contributed by atoms with Crippen molar-refractivity contribution in [2.24, 2.45) is 0 Å². The maximum absolute atomic E-state index is 14.0. The zero-order valence-corrected chi connectivity index (χ0v) is 24.8. The predicted octanol–water partition coefficient (Wildman–Crippen LogP) is 5.85. The van der Waals surface area contributed by atoms with Crippen LogP contribution in [-0.4, -0.2) is 43.8 Å². The van der Waals surface area contributed by atoms with Crippen molar-refractivity contribution in [3.8, 4) is 0 Å². The fourth-order valence-corrected chi connectivity index (χ4v) is 6.80. The molecule has 1 N–H and O–H groups in total. The largest absolute Gasteiger partial charge is 0.352 e. The number of hydrogen-bond acceptors (Lipinski definition) is 4. The highest BCUT2D eigenvalue weighted by Gasteiger charge is 2.33. The summed E-state index contributed by atoms with van der Waals surface area (Å²) in [5.74, 6) is -1.31. The molecule has 1 saturated carbocycles. The lowest BCUT2D eigenvalue weighted by atomic mass is 9.95. The predicted molar refractivity (Wildman–Crippen MR) is 159 cm³/mol. The van der Waals surface area contributed by atoms with Gasteiger partial charge in [0.1, 0.15) is 18.4 Å². The van der Waals surface area contributed by atoms with Gasteiger partial charge in [0.25, 0.3) is 10.0 Å². The first-order chi connectivity index (χ1) is 19.6. The van der Waals surface area contributed by atoms with E-state index in [4.69, 9.17) is 11.6 Å². The van der Waals surface area contributed by atoms with Crippen LogP contribution in [0.3, 0.4) is 0 Å². The van der Waals surface area contributed by atoms with Crippen LogP contribution in [0, 0.1) is 12.7 Å². The minimum atomic E-state index is -4.17. The van der Waals surface area contributed by atoms with E-state index in [1.807, 2.05) is 0 Å². The summed E-state index contributed by atoms with van der Waals surface area (Å²) in [5, 5.41) is 3.50. The Morgan fingerprint density at radius 3 is 2.29 bits per heavy atom. The van der Waals surface area contributed by atoms with Gasteiger partial charge in [-0.25, -0.2) is 12.8 Å². The number of halogens is 2. The normalized spacial score (nSPS) is 14.7. The van der Waals surface area contributed by atoms with Gasteiger partial charge < -0.3 is 10.2 Å². The average molecular weight is 600 g/mol. The number of aryl methyl sites for hydroxylation is 1. The molecule has 1 atom stereocenters. The van der Waals surface area contributed by atoms with Crippen LogP contribution in [0.2, 0.25) is 5.02 Å². The van der Waals surface area contributed by atoms with E-state index in [0.29, 0.717) is 21.8 Å². The van der Waals surface area contributed by atoms with Gasteiger partial charge in [0.2, 0.25) is 11.8 Å². The Morgan fingerprint density at radius 1 is 1.00 bits per heavy atom. The molecule has 0 heterocycles. The van der Waals surface area contributed by atoms with E-state index in [2.05, 4.69) is 5.32 Å². The molecular weight excluding hydrogens is 565 g/mol. The number of carbonyl (C=O) groups is 2. The lowest BCUT2D eigenvalue weighted by Crippen LogP contribution is -2.53. The van der Waals surface area contributed by atoms with Crippen LogP contribution in [0.1, 0.15) is 50.2 Å². The molecule has 1 fully saturated rings. The first kappa shape index (κ1) is 30.5. The maximum atomic E-state index is 14.0. The molecule has 0 saturated heterocycles. The summed E-state index contributed by atoms with van der Waals surface area (Å²) in [6, 6.07) is 17.4. The van der Waals surface area contributed by atoms with Crippen molar-refractivity contribution in [3.05, 3.63) is 94.8 Å². The van der Waals surface area contributed by atoms with Gasteiger partial charge in [0, 0.05) is 17.6 Å². The quantitative estimate of drug-likeness (QED) is 0.317. The van der Waals surface area contributed by atoms with E-state index in [-0.39, 0.29) is 23.4 Å². The molecule has 1 unspecified atom stereocenters. The third-order valence-corrected chi connectivity index (χ3v) is 9.43. The molecule has 41 heavy (non-hydrogen) atoms. The molecule has 0 aromatic heterocycles. The van der Waals surface area contributed by atoms with Crippen molar-refractivity contribution >= 4 is 39.1 Å². The van der Waals surface area contributed by atoms with Crippen LogP contribution in [0.25, 0.3) is 0 Å². The van der Waals surface area contributed by atoms with E-state index < -0.39 is 34.3 Å². The van der Waals surface area contributed by atoms with Crippen LogP contribution in [0.4, 0.5) is 10.1 Å². The number of amides is 2. The van der Waals surface area contributed by atoms with Crippen molar-refractivity contribution in [2.75, 3.05) is 10.8 Å². The fourth-order valence-electron chi connectivity index (χ4n) is 5.07. The Labute approximate surface area is 246 Å². The molecule has 0 aliphatic heterocycles. The molecule has 218 valence electrons. The smallest absolute Gasteiger partial charge is 0.264 e. The Kier molecular flexibility index (Phi) is 10.0. The third kappa shape index (κ3) is 7.65. The zero-order valence-electron chi connectivity index (χ0n) is 23.2. The lowest BCUT2D eigenvalue weighted by Gasteiger charge is -2.33. The number of benzene rings is 3. The second-order valence-corrected chi connectivity index (χ2v) is 12.7. The molecule has 3 aromatic carbocycles. The monoisotopic (exact) mass is 599 g/mol. The Morgan fingerprint density at radius 2 is 1.66 bits per heavy atom. The van der Waals surface area contributed by atoms with Gasteiger partial charge in [-0.2, -0.15) is 0 Å². The standard InChI is InChI=1S/C31H35ClFN3O4S/c1-22-19-25(32)15-18-29(22)36(41(39,40)28-11-7-4-8-12-28)21-30(37)35(20-24-13-16-26(33)17-14-24)23(2)31(38)34-27-9-5-3-6-10-27/h4,7-8,11-19,23,27H,3,5-6,9-10,20-21H2,1-2H3,(H,34,38). The molecule has 4 rings (SSSR count). The van der Waals surface area contributed by atoms with Gasteiger partial charge in [0.05, 0.1) is 10.6 Å². The highest BCUT2D eigenvalue weighted by Crippen LogP contribution is 2.29. The van der Waals surface area contributed by atoms with Gasteiger partial charge in [0.15, 0.2) is 0 Å². The highest BCUT2D eigenvalue weighted by atomic mass is 35.5. The molecule has 2 amide bonds. The van der Waals surface area contributed by atoms with Gasteiger partial charge in [-0.05, 0) is 80.3 Å². The first-order valence-corrected chi connectivity index (χ1v) is 15.6. The number of anilines is 1. The average Bonchev–Trinajstić information content (AvgIpc) is 2.96. The van der Waals surface area contributed by atoms with Crippen molar-refractivity contribution in [1.82, 2.24) is 10.2 Å². The number of nitrogens with one attached hydrogen (secondary N) is 1. The van der Waals surface area contributed by atoms with Crippen LogP contribution in [0.5, 0.6) is 0 Å². The summed E-state index contributed by atoms with van der Waals surface area (Å²) in [4.78, 5) is 28.8. The number of sulfonamides is 1. The second-order valence-electron chi connectivity index (χ2n) is 10.4. The van der Waals surface area contributed by atoms with Gasteiger partial charge in [-0.3, -0.25) is 13.9 Å². The summed E-state index contributed by atoms with van der Waals surface area (Å²) in [7, 11) is -4.17. The summed E-state index contributed by atoms with van der Waals surface area (Å²) >= 11 is 6.15. The molecule has 0 radical (unpaired) electrons. The minimum Gasteiger partial charge on any atom is -0.352 e. The lowest BCUT2D eigenvalue weighted by molar-refractivity contribution is -0.139. The molecule has 10 heteroatoms. The van der Waals surface area contributed by atoms with E-state index in [1.54, 1.807) is 62.4 Å². The van der Waals surface area contributed by atoms with Crippen LogP contribution < -0.4 is 9.62 Å². The molecule has 0 spiro atoms.